The van der Waals surface area contributed by atoms with E-state index in [1.54, 1.807) is 36.4 Å². The molecule has 0 saturated carbocycles. The van der Waals surface area contributed by atoms with Crippen LogP contribution in [0, 0.1) is 5.41 Å². The minimum Gasteiger partial charge on any atom is -0.371 e. The van der Waals surface area contributed by atoms with Crippen molar-refractivity contribution in [2.24, 2.45) is 5.41 Å². The highest BCUT2D eigenvalue weighted by molar-refractivity contribution is 6.42. The number of aromatic amines is 1. The van der Waals surface area contributed by atoms with Crippen molar-refractivity contribution in [3.8, 4) is 0 Å². The molecule has 0 unspecified atom stereocenters. The summed E-state index contributed by atoms with van der Waals surface area (Å²) in [7, 11) is 0. The summed E-state index contributed by atoms with van der Waals surface area (Å²) in [5, 5.41) is 7.73. The number of pyridine rings is 1. The maximum atomic E-state index is 12.2. The highest BCUT2D eigenvalue weighted by Gasteiger charge is 2.18. The number of hydrogen-bond acceptors (Lipinski definition) is 3. The largest absolute Gasteiger partial charge is 0.371 e. The number of carbonyl (C=O) groups excluding carboxylic acids is 1. The molecule has 30 heavy (non-hydrogen) atoms. The molecule has 0 bridgehead atoms. The van der Waals surface area contributed by atoms with Gasteiger partial charge in [0.05, 0.1) is 15.6 Å². The Balaban J connectivity index is 1.54. The third-order valence-corrected chi connectivity index (χ3v) is 5.35. The van der Waals surface area contributed by atoms with Gasteiger partial charge in [-0.25, -0.2) is 0 Å². The number of carbonyl (C=O) groups is 1. The van der Waals surface area contributed by atoms with Gasteiger partial charge in [0.2, 0.25) is 5.91 Å². The van der Waals surface area contributed by atoms with Gasteiger partial charge in [0.25, 0.3) is 0 Å². The van der Waals surface area contributed by atoms with Gasteiger partial charge in [0, 0.05) is 30.6 Å². The number of anilines is 1. The fraction of sp³-hybridized carbons (Fsp3) is 0.217. The molecule has 0 aliphatic rings. The van der Waals surface area contributed by atoms with Crippen LogP contribution in [0.5, 0.6) is 0 Å². The predicted octanol–water partition coefficient (Wildman–Crippen LogP) is 5.10. The van der Waals surface area contributed by atoms with E-state index >= 15 is 0 Å². The lowest BCUT2D eigenvalue weighted by molar-refractivity contribution is -0.116. The third kappa shape index (κ3) is 5.88. The third-order valence-electron chi connectivity index (χ3n) is 4.61. The summed E-state index contributed by atoms with van der Waals surface area (Å²) in [6.07, 6.45) is 3.15. The van der Waals surface area contributed by atoms with Crippen molar-refractivity contribution < 1.29 is 4.79 Å². The highest BCUT2D eigenvalue weighted by Crippen LogP contribution is 2.23. The molecule has 0 spiro atoms. The van der Waals surface area contributed by atoms with Gasteiger partial charge in [-0.2, -0.15) is 0 Å². The molecule has 7 heteroatoms. The SMILES string of the molecule is CC(C)(CNC(=O)/C=C/c1ccc(Cl)c(Cl)c1)CNc1cc(=O)c2ccccc2[nH]1. The van der Waals surface area contributed by atoms with Crippen LogP contribution in [-0.2, 0) is 4.79 Å². The van der Waals surface area contributed by atoms with Crippen LogP contribution in [0.1, 0.15) is 19.4 Å². The van der Waals surface area contributed by atoms with E-state index in [2.05, 4.69) is 15.6 Å². The second-order valence-electron chi connectivity index (χ2n) is 7.84. The summed E-state index contributed by atoms with van der Waals surface area (Å²) in [5.74, 6) is 0.450. The number of amides is 1. The fourth-order valence-electron chi connectivity index (χ4n) is 2.86. The van der Waals surface area contributed by atoms with E-state index in [4.69, 9.17) is 23.2 Å². The number of aromatic nitrogens is 1. The molecule has 0 radical (unpaired) electrons. The zero-order valence-electron chi connectivity index (χ0n) is 16.8. The molecule has 5 nitrogen and oxygen atoms in total. The normalized spacial score (nSPS) is 11.7. The summed E-state index contributed by atoms with van der Waals surface area (Å²) in [6.45, 7) is 5.09. The minimum atomic E-state index is -0.240. The molecular formula is C23H23Cl2N3O2. The van der Waals surface area contributed by atoms with Crippen molar-refractivity contribution >= 4 is 51.9 Å². The fourth-order valence-corrected chi connectivity index (χ4v) is 3.17. The molecule has 0 aliphatic heterocycles. The molecule has 3 aromatic rings. The van der Waals surface area contributed by atoms with Crippen molar-refractivity contribution in [1.29, 1.82) is 0 Å². The van der Waals surface area contributed by atoms with E-state index in [9.17, 15) is 9.59 Å². The number of halogens is 2. The van der Waals surface area contributed by atoms with Crippen LogP contribution in [0.3, 0.4) is 0 Å². The zero-order valence-corrected chi connectivity index (χ0v) is 18.3. The first-order valence-corrected chi connectivity index (χ1v) is 10.3. The van der Waals surface area contributed by atoms with Gasteiger partial charge in [0.15, 0.2) is 5.43 Å². The first-order chi connectivity index (χ1) is 14.2. The Morgan fingerprint density at radius 3 is 2.60 bits per heavy atom. The molecule has 0 atom stereocenters. The Labute approximate surface area is 185 Å². The highest BCUT2D eigenvalue weighted by atomic mass is 35.5. The Morgan fingerprint density at radius 2 is 1.83 bits per heavy atom. The molecule has 0 fully saturated rings. The lowest BCUT2D eigenvalue weighted by Crippen LogP contribution is -2.37. The molecule has 1 heterocycles. The lowest BCUT2D eigenvalue weighted by atomic mass is 9.93. The maximum absolute atomic E-state index is 12.2. The van der Waals surface area contributed by atoms with E-state index < -0.39 is 0 Å². The molecule has 0 saturated heterocycles. The average molecular weight is 444 g/mol. The Kier molecular flexibility index (Phi) is 6.85. The lowest BCUT2D eigenvalue weighted by Gasteiger charge is -2.25. The molecule has 2 aromatic carbocycles. The molecule has 3 N–H and O–H groups in total. The van der Waals surface area contributed by atoms with E-state index in [0.29, 0.717) is 34.3 Å². The molecule has 156 valence electrons. The quantitative estimate of drug-likeness (QED) is 0.444. The Morgan fingerprint density at radius 1 is 1.07 bits per heavy atom. The van der Waals surface area contributed by atoms with Crippen LogP contribution >= 0.6 is 23.2 Å². The molecule has 1 aromatic heterocycles. The van der Waals surface area contributed by atoms with Gasteiger partial charge in [-0.3, -0.25) is 9.59 Å². The number of benzene rings is 2. The van der Waals surface area contributed by atoms with Crippen LogP contribution in [0.15, 0.2) is 59.4 Å². The number of hydrogen-bond donors (Lipinski definition) is 3. The van der Waals surface area contributed by atoms with E-state index in [-0.39, 0.29) is 16.8 Å². The van der Waals surface area contributed by atoms with Gasteiger partial charge >= 0.3 is 0 Å². The van der Waals surface area contributed by atoms with Crippen LogP contribution in [0.2, 0.25) is 10.0 Å². The first kappa shape index (κ1) is 21.9. The number of para-hydroxylation sites is 1. The Bertz CT molecular complexity index is 1150. The first-order valence-electron chi connectivity index (χ1n) is 9.50. The van der Waals surface area contributed by atoms with Crippen LogP contribution < -0.4 is 16.1 Å². The van der Waals surface area contributed by atoms with Crippen molar-refractivity contribution in [3.05, 3.63) is 80.4 Å². The predicted molar refractivity (Wildman–Crippen MR) is 125 cm³/mol. The molecule has 1 amide bonds. The Hall–Kier alpha value is -2.76. The number of fused-ring (bicyclic) bond motifs is 1. The van der Waals surface area contributed by atoms with Crippen LogP contribution in [0.25, 0.3) is 17.0 Å². The minimum absolute atomic E-state index is 0.0367. The molecular weight excluding hydrogens is 421 g/mol. The number of H-pyrrole nitrogens is 1. The van der Waals surface area contributed by atoms with Gasteiger partial charge < -0.3 is 15.6 Å². The van der Waals surface area contributed by atoms with E-state index in [1.165, 1.54) is 6.08 Å². The summed E-state index contributed by atoms with van der Waals surface area (Å²) < 4.78 is 0. The standard InChI is InChI=1S/C23H23Cl2N3O2/c1-23(2,13-26-21-12-20(29)16-5-3-4-6-19(16)28-21)14-27-22(30)10-8-15-7-9-17(24)18(25)11-15/h3-12H,13-14H2,1-2H3,(H,27,30)(H2,26,28,29)/b10-8+. The average Bonchev–Trinajstić information content (AvgIpc) is 2.72. The summed E-state index contributed by atoms with van der Waals surface area (Å²) in [4.78, 5) is 27.6. The maximum Gasteiger partial charge on any atom is 0.244 e. The van der Waals surface area contributed by atoms with Crippen LogP contribution in [0.4, 0.5) is 5.82 Å². The monoisotopic (exact) mass is 443 g/mol. The summed E-state index contributed by atoms with van der Waals surface area (Å²) >= 11 is 11.9. The summed E-state index contributed by atoms with van der Waals surface area (Å²) in [5.41, 5.74) is 1.30. The van der Waals surface area contributed by atoms with Crippen molar-refractivity contribution in [1.82, 2.24) is 10.3 Å². The van der Waals surface area contributed by atoms with Crippen LogP contribution in [-0.4, -0.2) is 24.0 Å². The number of nitrogens with one attached hydrogen (secondary N) is 3. The van der Waals surface area contributed by atoms with Gasteiger partial charge in [-0.15, -0.1) is 0 Å². The number of rotatable bonds is 7. The van der Waals surface area contributed by atoms with Gasteiger partial charge in [0.1, 0.15) is 5.82 Å². The smallest absolute Gasteiger partial charge is 0.244 e. The van der Waals surface area contributed by atoms with Crippen molar-refractivity contribution in [2.75, 3.05) is 18.4 Å². The van der Waals surface area contributed by atoms with E-state index in [1.807, 2.05) is 32.0 Å². The van der Waals surface area contributed by atoms with Gasteiger partial charge in [-0.1, -0.05) is 55.2 Å². The van der Waals surface area contributed by atoms with Gasteiger partial charge in [-0.05, 0) is 41.3 Å². The van der Waals surface area contributed by atoms with Crippen molar-refractivity contribution in [3.63, 3.8) is 0 Å². The second kappa shape index (κ2) is 9.37. The summed E-state index contributed by atoms with van der Waals surface area (Å²) in [6, 6.07) is 14.1. The topological polar surface area (TPSA) is 74.0 Å². The second-order valence-corrected chi connectivity index (χ2v) is 8.65. The molecule has 0 aliphatic carbocycles. The molecule has 3 rings (SSSR count). The van der Waals surface area contributed by atoms with E-state index in [0.717, 1.165) is 11.1 Å². The van der Waals surface area contributed by atoms with Crippen molar-refractivity contribution in [2.45, 2.75) is 13.8 Å². The zero-order chi connectivity index (χ0) is 21.7.